The van der Waals surface area contributed by atoms with Crippen molar-refractivity contribution >= 4 is 0 Å². The van der Waals surface area contributed by atoms with Crippen molar-refractivity contribution < 1.29 is 0 Å². The highest BCUT2D eigenvalue weighted by molar-refractivity contribution is 5.11. The van der Waals surface area contributed by atoms with Crippen LogP contribution in [0.3, 0.4) is 0 Å². The first-order valence-corrected chi connectivity index (χ1v) is 13.4. The first kappa shape index (κ1) is 31.4. The van der Waals surface area contributed by atoms with Gasteiger partial charge in [-0.25, -0.2) is 0 Å². The summed E-state index contributed by atoms with van der Waals surface area (Å²) >= 11 is 0. The maximum absolute atomic E-state index is 4.36. The van der Waals surface area contributed by atoms with E-state index in [0.717, 1.165) is 19.3 Å². The predicted octanol–water partition coefficient (Wildman–Crippen LogP) is 11.5. The highest BCUT2D eigenvalue weighted by Gasteiger charge is 2.09. The molecule has 0 fully saturated rings. The standard InChI is InChI=1S/C33H56/c1-25(2)30(8)21-19-29(7)18-14-17-27(5)15-12-13-16-28(6)20-22-32(10)33(11)24-23-31(9)26(3)4/h15-16,18,31-32H,3,11-14,17,19-24H2,1-2,4-10H3/b27-15+,28-16+,29-18+. The van der Waals surface area contributed by atoms with Crippen LogP contribution in [-0.2, 0) is 0 Å². The minimum absolute atomic E-state index is 0.601. The van der Waals surface area contributed by atoms with E-state index in [0.29, 0.717) is 11.8 Å². The Labute approximate surface area is 208 Å². The Bertz CT molecular complexity index is 715. The average molecular weight is 453 g/mol. The third kappa shape index (κ3) is 16.7. The molecule has 0 aliphatic rings. The highest BCUT2D eigenvalue weighted by Crippen LogP contribution is 2.25. The average Bonchev–Trinajstić information content (AvgIpc) is 2.76. The van der Waals surface area contributed by atoms with Crippen molar-refractivity contribution in [2.45, 2.75) is 127 Å². The molecule has 0 saturated heterocycles. The first-order valence-electron chi connectivity index (χ1n) is 13.4. The molecule has 2 unspecified atom stereocenters. The lowest BCUT2D eigenvalue weighted by Crippen LogP contribution is -2.02. The van der Waals surface area contributed by atoms with E-state index in [-0.39, 0.29) is 0 Å². The fourth-order valence-electron chi connectivity index (χ4n) is 3.69. The van der Waals surface area contributed by atoms with E-state index in [9.17, 15) is 0 Å². The number of hydrogen-bond acceptors (Lipinski definition) is 0. The molecule has 0 aromatic rings. The predicted molar refractivity (Wildman–Crippen MR) is 154 cm³/mol. The molecule has 0 nitrogen and oxygen atoms in total. The summed E-state index contributed by atoms with van der Waals surface area (Å²) < 4.78 is 0. The zero-order valence-corrected chi connectivity index (χ0v) is 23.9. The van der Waals surface area contributed by atoms with Gasteiger partial charge in [0.05, 0.1) is 0 Å². The number of rotatable bonds is 17. The molecule has 0 aliphatic carbocycles. The molecular weight excluding hydrogens is 396 g/mol. The molecule has 2 atom stereocenters. The zero-order chi connectivity index (χ0) is 25.4. The SMILES string of the molecule is C=C(C)C(C)CCC(=C)C(C)CC/C(C)=C/CC/C=C(\C)CC/C=C(\C)CCC(C)=C(C)C. The highest BCUT2D eigenvalue weighted by atomic mass is 14.2. The lowest BCUT2D eigenvalue weighted by molar-refractivity contribution is 0.543. The Kier molecular flexibility index (Phi) is 17.0. The monoisotopic (exact) mass is 452 g/mol. The molecule has 0 spiro atoms. The molecule has 0 radical (unpaired) electrons. The van der Waals surface area contributed by atoms with Gasteiger partial charge in [0.25, 0.3) is 0 Å². The summed E-state index contributed by atoms with van der Waals surface area (Å²) in [5.41, 5.74) is 10.3. The van der Waals surface area contributed by atoms with Crippen LogP contribution in [-0.4, -0.2) is 0 Å². The van der Waals surface area contributed by atoms with Crippen LogP contribution in [0.1, 0.15) is 127 Å². The zero-order valence-electron chi connectivity index (χ0n) is 23.9. The van der Waals surface area contributed by atoms with Crippen LogP contribution in [0.15, 0.2) is 70.4 Å². The summed E-state index contributed by atoms with van der Waals surface area (Å²) in [6, 6.07) is 0. The van der Waals surface area contributed by atoms with E-state index in [1.807, 2.05) is 0 Å². The van der Waals surface area contributed by atoms with Crippen LogP contribution < -0.4 is 0 Å². The van der Waals surface area contributed by atoms with Crippen molar-refractivity contribution in [1.29, 1.82) is 0 Å². The first-order chi connectivity index (χ1) is 15.4. The minimum Gasteiger partial charge on any atom is -0.0999 e. The fourth-order valence-corrected chi connectivity index (χ4v) is 3.69. The van der Waals surface area contributed by atoms with E-state index in [1.54, 1.807) is 0 Å². The van der Waals surface area contributed by atoms with Gasteiger partial charge in [-0.3, -0.25) is 0 Å². The lowest BCUT2D eigenvalue weighted by atomic mass is 9.88. The van der Waals surface area contributed by atoms with E-state index >= 15 is 0 Å². The van der Waals surface area contributed by atoms with Crippen molar-refractivity contribution in [2.24, 2.45) is 11.8 Å². The molecule has 0 bridgehead atoms. The molecule has 188 valence electrons. The summed E-state index contributed by atoms with van der Waals surface area (Å²) in [6.45, 7) is 28.7. The topological polar surface area (TPSA) is 0 Å². The van der Waals surface area contributed by atoms with Gasteiger partial charge in [-0.2, -0.15) is 0 Å². The molecule has 0 saturated carbocycles. The van der Waals surface area contributed by atoms with Crippen molar-refractivity contribution in [3.63, 3.8) is 0 Å². The lowest BCUT2D eigenvalue weighted by Gasteiger charge is -2.17. The van der Waals surface area contributed by atoms with Crippen LogP contribution in [0.4, 0.5) is 0 Å². The van der Waals surface area contributed by atoms with Gasteiger partial charge in [0, 0.05) is 0 Å². The molecule has 33 heavy (non-hydrogen) atoms. The normalized spacial score (nSPS) is 14.8. The number of hydrogen-bond donors (Lipinski definition) is 0. The van der Waals surface area contributed by atoms with Gasteiger partial charge in [-0.1, -0.05) is 84.2 Å². The van der Waals surface area contributed by atoms with E-state index in [4.69, 9.17) is 0 Å². The van der Waals surface area contributed by atoms with E-state index in [1.165, 1.54) is 84.0 Å². The van der Waals surface area contributed by atoms with Crippen LogP contribution >= 0.6 is 0 Å². The summed E-state index contributed by atoms with van der Waals surface area (Å²) in [4.78, 5) is 0. The second kappa shape index (κ2) is 17.9. The summed E-state index contributed by atoms with van der Waals surface area (Å²) in [5, 5.41) is 0. The van der Waals surface area contributed by atoms with Crippen LogP contribution in [0, 0.1) is 11.8 Å². The van der Waals surface area contributed by atoms with Crippen LogP contribution in [0.5, 0.6) is 0 Å². The van der Waals surface area contributed by atoms with Gasteiger partial charge in [0.1, 0.15) is 0 Å². The second-order valence-electron chi connectivity index (χ2n) is 10.9. The molecule has 0 N–H and O–H groups in total. The Morgan fingerprint density at radius 1 is 0.576 bits per heavy atom. The maximum Gasteiger partial charge on any atom is -0.0231 e. The summed E-state index contributed by atoms with van der Waals surface area (Å²) in [7, 11) is 0. The van der Waals surface area contributed by atoms with Gasteiger partial charge in [-0.05, 0) is 125 Å². The molecule has 0 rings (SSSR count). The third-order valence-corrected chi connectivity index (χ3v) is 7.34. The minimum atomic E-state index is 0.601. The molecule has 0 aliphatic heterocycles. The van der Waals surface area contributed by atoms with Crippen molar-refractivity contribution in [3.8, 4) is 0 Å². The van der Waals surface area contributed by atoms with Crippen LogP contribution in [0.25, 0.3) is 0 Å². The van der Waals surface area contributed by atoms with Gasteiger partial charge < -0.3 is 0 Å². The van der Waals surface area contributed by atoms with Gasteiger partial charge in [0.2, 0.25) is 0 Å². The Balaban J connectivity index is 4.18. The Hall–Kier alpha value is -1.56. The van der Waals surface area contributed by atoms with Crippen molar-refractivity contribution in [3.05, 3.63) is 70.4 Å². The second-order valence-corrected chi connectivity index (χ2v) is 10.9. The van der Waals surface area contributed by atoms with Crippen molar-refractivity contribution in [2.75, 3.05) is 0 Å². The quantitative estimate of drug-likeness (QED) is 0.152. The maximum atomic E-state index is 4.36. The summed E-state index contributed by atoms with van der Waals surface area (Å²) in [5.74, 6) is 1.21. The molecule has 0 aromatic heterocycles. The van der Waals surface area contributed by atoms with Gasteiger partial charge in [0.15, 0.2) is 0 Å². The molecule has 0 heterocycles. The van der Waals surface area contributed by atoms with Crippen molar-refractivity contribution in [1.82, 2.24) is 0 Å². The molecule has 0 aromatic carbocycles. The molecule has 0 amide bonds. The number of unbranched alkanes of at least 4 members (excludes halogenated alkanes) is 1. The number of allylic oxidation sites excluding steroid dienone is 10. The molecular formula is C33H56. The molecule has 0 heteroatoms. The Morgan fingerprint density at radius 2 is 1.06 bits per heavy atom. The smallest absolute Gasteiger partial charge is 0.0231 e. The summed E-state index contributed by atoms with van der Waals surface area (Å²) in [6.07, 6.45) is 19.1. The van der Waals surface area contributed by atoms with E-state index < -0.39 is 0 Å². The largest absolute Gasteiger partial charge is 0.0999 e. The third-order valence-electron chi connectivity index (χ3n) is 7.34. The van der Waals surface area contributed by atoms with Crippen LogP contribution in [0.2, 0.25) is 0 Å². The van der Waals surface area contributed by atoms with Gasteiger partial charge in [-0.15, -0.1) is 0 Å². The van der Waals surface area contributed by atoms with E-state index in [2.05, 4.69) is 93.7 Å². The van der Waals surface area contributed by atoms with Gasteiger partial charge >= 0.3 is 0 Å². The fraction of sp³-hybridized carbons (Fsp3) is 0.636. The Morgan fingerprint density at radius 3 is 1.61 bits per heavy atom.